The molecule has 0 atom stereocenters. The predicted octanol–water partition coefficient (Wildman–Crippen LogP) is 3.19. The van der Waals surface area contributed by atoms with Crippen LogP contribution in [0, 0.1) is 24.0 Å². The van der Waals surface area contributed by atoms with Gasteiger partial charge in [-0.15, -0.1) is 0 Å². The third-order valence-electron chi connectivity index (χ3n) is 4.05. The molecule has 136 valence electrons. The Morgan fingerprint density at radius 1 is 0.963 bits per heavy atom. The molecule has 0 aliphatic heterocycles. The molecule has 3 aromatic rings. The van der Waals surface area contributed by atoms with E-state index in [1.54, 1.807) is 18.2 Å². The van der Waals surface area contributed by atoms with Crippen molar-refractivity contribution in [3.8, 4) is 0 Å². The number of hydrogen-bond acceptors (Lipinski definition) is 7. The zero-order valence-electron chi connectivity index (χ0n) is 14.6. The van der Waals surface area contributed by atoms with E-state index in [1.165, 1.54) is 24.3 Å². The van der Waals surface area contributed by atoms with Gasteiger partial charge in [0.1, 0.15) is 0 Å². The molecule has 3 rings (SSSR count). The molecule has 0 radical (unpaired) electrons. The summed E-state index contributed by atoms with van der Waals surface area (Å²) in [6, 6.07) is 9.89. The molecule has 0 bridgehead atoms. The minimum atomic E-state index is -0.660. The molecule has 1 heterocycles. The van der Waals surface area contributed by atoms with Crippen molar-refractivity contribution in [3.63, 3.8) is 0 Å². The van der Waals surface area contributed by atoms with E-state index in [-0.39, 0.29) is 16.8 Å². The van der Waals surface area contributed by atoms with Crippen LogP contribution in [0.15, 0.2) is 42.5 Å². The highest BCUT2D eigenvalue weighted by molar-refractivity contribution is 6.00. The van der Waals surface area contributed by atoms with Gasteiger partial charge < -0.3 is 4.74 Å². The number of ketones is 1. The van der Waals surface area contributed by atoms with Crippen molar-refractivity contribution in [2.45, 2.75) is 13.8 Å². The number of benzene rings is 2. The van der Waals surface area contributed by atoms with Gasteiger partial charge in [0.15, 0.2) is 12.4 Å². The summed E-state index contributed by atoms with van der Waals surface area (Å²) in [6.07, 6.45) is 0. The number of carbonyl (C=O) groups excluding carboxylic acids is 2. The van der Waals surface area contributed by atoms with E-state index in [0.717, 1.165) is 11.4 Å². The maximum Gasteiger partial charge on any atom is 0.338 e. The Labute approximate surface area is 154 Å². The molecular weight excluding hydrogens is 350 g/mol. The fourth-order valence-corrected chi connectivity index (χ4v) is 2.42. The summed E-state index contributed by atoms with van der Waals surface area (Å²) in [4.78, 5) is 43.2. The lowest BCUT2D eigenvalue weighted by molar-refractivity contribution is -0.384. The van der Waals surface area contributed by atoms with Gasteiger partial charge in [0, 0.05) is 17.7 Å². The molecular formula is C19H15N3O5. The average molecular weight is 365 g/mol. The number of nitro benzene ring substituents is 1. The summed E-state index contributed by atoms with van der Waals surface area (Å²) in [7, 11) is 0. The van der Waals surface area contributed by atoms with Crippen LogP contribution in [0.25, 0.3) is 11.0 Å². The lowest BCUT2D eigenvalue weighted by Gasteiger charge is -2.06. The van der Waals surface area contributed by atoms with Gasteiger partial charge >= 0.3 is 5.97 Å². The van der Waals surface area contributed by atoms with Gasteiger partial charge in [-0.2, -0.15) is 0 Å². The third kappa shape index (κ3) is 3.95. The normalized spacial score (nSPS) is 10.6. The summed E-state index contributed by atoms with van der Waals surface area (Å²) >= 11 is 0. The molecule has 8 heteroatoms. The van der Waals surface area contributed by atoms with Crippen LogP contribution in [-0.4, -0.2) is 33.3 Å². The molecule has 0 amide bonds. The Kier molecular flexibility index (Phi) is 4.89. The van der Waals surface area contributed by atoms with E-state index in [1.807, 2.05) is 13.8 Å². The van der Waals surface area contributed by atoms with Crippen molar-refractivity contribution >= 4 is 28.5 Å². The zero-order chi connectivity index (χ0) is 19.6. The SMILES string of the molecule is Cc1nc2ccc(C(=O)OCC(=O)c3ccc([N+](=O)[O-])cc3)cc2nc1C. The molecule has 0 saturated heterocycles. The summed E-state index contributed by atoms with van der Waals surface area (Å²) in [5.74, 6) is -1.11. The molecule has 0 aliphatic rings. The van der Waals surface area contributed by atoms with Gasteiger partial charge in [-0.05, 0) is 44.2 Å². The fraction of sp³-hybridized carbons (Fsp3) is 0.158. The first kappa shape index (κ1) is 18.1. The number of Topliss-reactive ketones (excluding diaryl/α,β-unsaturated/α-hetero) is 1. The van der Waals surface area contributed by atoms with Gasteiger partial charge in [-0.3, -0.25) is 14.9 Å². The molecule has 0 saturated carbocycles. The first-order valence-corrected chi connectivity index (χ1v) is 8.05. The van der Waals surface area contributed by atoms with Crippen LogP contribution in [0.5, 0.6) is 0 Å². The number of ether oxygens (including phenoxy) is 1. The van der Waals surface area contributed by atoms with Crippen LogP contribution in [-0.2, 0) is 4.74 Å². The molecule has 27 heavy (non-hydrogen) atoms. The largest absolute Gasteiger partial charge is 0.454 e. The number of esters is 1. The quantitative estimate of drug-likeness (QED) is 0.295. The van der Waals surface area contributed by atoms with E-state index >= 15 is 0 Å². The monoisotopic (exact) mass is 365 g/mol. The first-order valence-electron chi connectivity index (χ1n) is 8.05. The van der Waals surface area contributed by atoms with Gasteiger partial charge in [0.25, 0.3) is 5.69 Å². The van der Waals surface area contributed by atoms with Crippen LogP contribution in [0.4, 0.5) is 5.69 Å². The molecule has 1 aromatic heterocycles. The molecule has 0 unspecified atom stereocenters. The average Bonchev–Trinajstić information content (AvgIpc) is 2.66. The summed E-state index contributed by atoms with van der Waals surface area (Å²) < 4.78 is 5.05. The van der Waals surface area contributed by atoms with Gasteiger partial charge in [-0.25, -0.2) is 14.8 Å². The fourth-order valence-electron chi connectivity index (χ4n) is 2.42. The van der Waals surface area contributed by atoms with Crippen LogP contribution < -0.4 is 0 Å². The summed E-state index contributed by atoms with van der Waals surface area (Å²) in [5, 5.41) is 10.6. The maximum absolute atomic E-state index is 12.2. The number of carbonyl (C=O) groups is 2. The molecule has 0 spiro atoms. The topological polar surface area (TPSA) is 112 Å². The Morgan fingerprint density at radius 2 is 1.56 bits per heavy atom. The van der Waals surface area contributed by atoms with Crippen LogP contribution >= 0.6 is 0 Å². The number of non-ortho nitro benzene ring substituents is 1. The Hall–Kier alpha value is -3.68. The zero-order valence-corrected chi connectivity index (χ0v) is 14.6. The first-order chi connectivity index (χ1) is 12.8. The van der Waals surface area contributed by atoms with E-state index in [4.69, 9.17) is 4.74 Å². The molecule has 2 aromatic carbocycles. The van der Waals surface area contributed by atoms with Crippen LogP contribution in [0.2, 0.25) is 0 Å². The number of rotatable bonds is 5. The number of nitrogens with zero attached hydrogens (tertiary/aromatic N) is 3. The Bertz CT molecular complexity index is 1060. The van der Waals surface area contributed by atoms with Crippen molar-refractivity contribution in [1.29, 1.82) is 0 Å². The third-order valence-corrected chi connectivity index (χ3v) is 4.05. The maximum atomic E-state index is 12.2. The smallest absolute Gasteiger partial charge is 0.338 e. The number of fused-ring (bicyclic) bond motifs is 1. The van der Waals surface area contributed by atoms with Crippen molar-refractivity contribution in [1.82, 2.24) is 9.97 Å². The summed E-state index contributed by atoms with van der Waals surface area (Å²) in [5.41, 5.74) is 3.17. The lowest BCUT2D eigenvalue weighted by Crippen LogP contribution is -2.14. The Balaban J connectivity index is 1.69. The highest BCUT2D eigenvalue weighted by atomic mass is 16.6. The molecule has 8 nitrogen and oxygen atoms in total. The second kappa shape index (κ2) is 7.28. The second-order valence-electron chi connectivity index (χ2n) is 5.90. The lowest BCUT2D eigenvalue weighted by atomic mass is 10.1. The minimum Gasteiger partial charge on any atom is -0.454 e. The minimum absolute atomic E-state index is 0.119. The van der Waals surface area contributed by atoms with Crippen molar-refractivity contribution < 1.29 is 19.2 Å². The van der Waals surface area contributed by atoms with Crippen LogP contribution in [0.3, 0.4) is 0 Å². The van der Waals surface area contributed by atoms with Gasteiger partial charge in [0.05, 0.1) is 32.9 Å². The second-order valence-corrected chi connectivity index (χ2v) is 5.90. The van der Waals surface area contributed by atoms with Gasteiger partial charge in [0.2, 0.25) is 0 Å². The highest BCUT2D eigenvalue weighted by Crippen LogP contribution is 2.16. The molecule has 0 aliphatic carbocycles. The Morgan fingerprint density at radius 3 is 2.19 bits per heavy atom. The molecule has 0 N–H and O–H groups in total. The standard InChI is InChI=1S/C19H15N3O5/c1-11-12(2)21-17-9-14(5-8-16(17)20-11)19(24)27-10-18(23)13-3-6-15(7-4-13)22(25)26/h3-9H,10H2,1-2H3. The highest BCUT2D eigenvalue weighted by Gasteiger charge is 2.14. The van der Waals surface area contributed by atoms with E-state index < -0.39 is 23.3 Å². The number of aromatic nitrogens is 2. The molecule has 0 fully saturated rings. The van der Waals surface area contributed by atoms with E-state index in [2.05, 4.69) is 9.97 Å². The van der Waals surface area contributed by atoms with E-state index in [0.29, 0.717) is 11.0 Å². The predicted molar refractivity (Wildman–Crippen MR) is 96.7 cm³/mol. The van der Waals surface area contributed by atoms with Crippen molar-refractivity contribution in [2.75, 3.05) is 6.61 Å². The van der Waals surface area contributed by atoms with Crippen molar-refractivity contribution in [3.05, 3.63) is 75.1 Å². The van der Waals surface area contributed by atoms with E-state index in [9.17, 15) is 19.7 Å². The van der Waals surface area contributed by atoms with Crippen LogP contribution in [0.1, 0.15) is 32.1 Å². The number of nitro groups is 1. The van der Waals surface area contributed by atoms with Crippen molar-refractivity contribution in [2.24, 2.45) is 0 Å². The number of hydrogen-bond donors (Lipinski definition) is 0. The van der Waals surface area contributed by atoms with Gasteiger partial charge in [-0.1, -0.05) is 0 Å². The summed E-state index contributed by atoms with van der Waals surface area (Å²) in [6.45, 7) is 3.22. The number of aryl methyl sites for hydroxylation is 2.